The van der Waals surface area contributed by atoms with Gasteiger partial charge in [0.25, 0.3) is 0 Å². The summed E-state index contributed by atoms with van der Waals surface area (Å²) < 4.78 is 13.5. The van der Waals surface area contributed by atoms with Crippen molar-refractivity contribution < 1.29 is 4.39 Å². The molecule has 64 valence electrons. The molecule has 0 fully saturated rings. The number of nitrogens with zero attached hydrogens (tertiary/aromatic N) is 2. The number of imidazole rings is 1. The van der Waals surface area contributed by atoms with Gasteiger partial charge < -0.3 is 10.3 Å². The van der Waals surface area contributed by atoms with E-state index in [9.17, 15) is 4.39 Å². The summed E-state index contributed by atoms with van der Waals surface area (Å²) in [5.41, 5.74) is 6.21. The summed E-state index contributed by atoms with van der Waals surface area (Å²) in [7, 11) is 0. The van der Waals surface area contributed by atoms with E-state index >= 15 is 0 Å². The minimum Gasteiger partial charge on any atom is -0.331 e. The zero-order chi connectivity index (χ0) is 7.40. The van der Waals surface area contributed by atoms with Crippen LogP contribution in [0.2, 0.25) is 0 Å². The lowest BCUT2D eigenvalue weighted by Gasteiger charge is -2.00. The van der Waals surface area contributed by atoms with Crippen molar-refractivity contribution in [3.05, 3.63) is 18.2 Å². The minimum atomic E-state index is -0.372. The van der Waals surface area contributed by atoms with Crippen molar-refractivity contribution in [3.63, 3.8) is 0 Å². The largest absolute Gasteiger partial charge is 0.331 e. The maximum absolute atomic E-state index is 11.8. The Kier molecular flexibility index (Phi) is 4.81. The van der Waals surface area contributed by atoms with Crippen LogP contribution in [0.3, 0.4) is 0 Å². The summed E-state index contributed by atoms with van der Waals surface area (Å²) in [5, 5.41) is 0. The van der Waals surface area contributed by atoms with E-state index in [4.69, 9.17) is 5.73 Å². The second kappa shape index (κ2) is 5.09. The molecule has 0 saturated heterocycles. The fourth-order valence-corrected chi connectivity index (χ4v) is 0.811. The molecule has 3 nitrogen and oxygen atoms in total. The number of alkyl halides is 1. The van der Waals surface area contributed by atoms with Crippen molar-refractivity contribution in [1.82, 2.24) is 9.55 Å². The third-order valence-electron chi connectivity index (χ3n) is 1.33. The molecule has 1 aromatic heterocycles. The first-order valence-electron chi connectivity index (χ1n) is 3.13. The van der Waals surface area contributed by atoms with Gasteiger partial charge >= 0.3 is 0 Å². The second-order valence-corrected chi connectivity index (χ2v) is 1.97. The summed E-state index contributed by atoms with van der Waals surface area (Å²) in [6.07, 6.45) is 3.23. The molecular weight excluding hydrogens is 169 g/mol. The van der Waals surface area contributed by atoms with Gasteiger partial charge in [-0.25, -0.2) is 9.37 Å². The molecule has 0 aliphatic carbocycles. The number of hydrogen-bond donors (Lipinski definition) is 1. The molecule has 0 unspecified atom stereocenters. The van der Waals surface area contributed by atoms with Crippen molar-refractivity contribution >= 4 is 12.4 Å². The van der Waals surface area contributed by atoms with Gasteiger partial charge in [0, 0.05) is 12.7 Å². The Morgan fingerprint density at radius 1 is 1.64 bits per heavy atom. The Hall–Kier alpha value is -0.610. The van der Waals surface area contributed by atoms with Crippen molar-refractivity contribution in [2.24, 2.45) is 5.73 Å². The predicted molar refractivity (Wildman–Crippen MR) is 43.3 cm³/mol. The fourth-order valence-electron chi connectivity index (χ4n) is 0.811. The van der Waals surface area contributed by atoms with Crippen molar-refractivity contribution in [2.75, 3.05) is 6.67 Å². The van der Waals surface area contributed by atoms with Crippen LogP contribution >= 0.6 is 12.4 Å². The molecule has 0 aliphatic heterocycles. The number of hydrogen-bond acceptors (Lipinski definition) is 2. The molecule has 0 amide bonds. The second-order valence-electron chi connectivity index (χ2n) is 1.97. The van der Waals surface area contributed by atoms with Crippen LogP contribution in [0, 0.1) is 0 Å². The van der Waals surface area contributed by atoms with Crippen LogP contribution in [0.25, 0.3) is 0 Å². The van der Waals surface area contributed by atoms with E-state index in [0.29, 0.717) is 13.1 Å². The summed E-state index contributed by atoms with van der Waals surface area (Å²) >= 11 is 0. The lowest BCUT2D eigenvalue weighted by molar-refractivity contribution is 0.440. The Balaban J connectivity index is 0.000001000. The molecule has 1 rings (SSSR count). The van der Waals surface area contributed by atoms with E-state index in [1.54, 1.807) is 17.1 Å². The van der Waals surface area contributed by atoms with E-state index in [1.807, 2.05) is 0 Å². The molecule has 0 aliphatic rings. The Morgan fingerprint density at radius 2 is 2.36 bits per heavy atom. The van der Waals surface area contributed by atoms with Gasteiger partial charge in [0.1, 0.15) is 6.67 Å². The quantitative estimate of drug-likeness (QED) is 0.744. The predicted octanol–water partition coefficient (Wildman–Crippen LogP) is 0.733. The van der Waals surface area contributed by atoms with Crippen LogP contribution in [0.5, 0.6) is 0 Å². The number of aryl methyl sites for hydroxylation is 1. The Bertz CT molecular complexity index is 201. The van der Waals surface area contributed by atoms with Crippen molar-refractivity contribution in [3.8, 4) is 0 Å². The first-order chi connectivity index (χ1) is 4.88. The monoisotopic (exact) mass is 179 g/mol. The molecule has 1 heterocycles. The number of halogens is 2. The number of aromatic nitrogens is 2. The standard InChI is InChI=1S/C6H10FN3.ClH/c7-1-2-10-5-9-4-6(10)3-8;/h4-5H,1-3,8H2;1H. The first-order valence-corrected chi connectivity index (χ1v) is 3.13. The number of nitrogens with two attached hydrogens (primary N) is 1. The molecule has 0 saturated carbocycles. The van der Waals surface area contributed by atoms with Gasteiger partial charge in [-0.15, -0.1) is 12.4 Å². The third-order valence-corrected chi connectivity index (χ3v) is 1.33. The van der Waals surface area contributed by atoms with Gasteiger partial charge in [-0.3, -0.25) is 0 Å². The maximum Gasteiger partial charge on any atom is 0.107 e. The third kappa shape index (κ3) is 2.48. The zero-order valence-electron chi connectivity index (χ0n) is 6.03. The molecule has 11 heavy (non-hydrogen) atoms. The molecule has 2 N–H and O–H groups in total. The highest BCUT2D eigenvalue weighted by molar-refractivity contribution is 5.85. The van der Waals surface area contributed by atoms with E-state index in [2.05, 4.69) is 4.98 Å². The summed E-state index contributed by atoms with van der Waals surface area (Å²) in [5.74, 6) is 0. The van der Waals surface area contributed by atoms with E-state index in [0.717, 1.165) is 5.69 Å². The average molecular weight is 180 g/mol. The molecule has 0 radical (unpaired) electrons. The normalized spacial score (nSPS) is 9.27. The van der Waals surface area contributed by atoms with Crippen LogP contribution < -0.4 is 5.73 Å². The van der Waals surface area contributed by atoms with Gasteiger partial charge in [-0.2, -0.15) is 0 Å². The lowest BCUT2D eigenvalue weighted by atomic mass is 10.4. The molecule has 0 bridgehead atoms. The van der Waals surface area contributed by atoms with Gasteiger partial charge in [0.15, 0.2) is 0 Å². The minimum absolute atomic E-state index is 0. The van der Waals surface area contributed by atoms with Gasteiger partial charge in [-0.1, -0.05) is 0 Å². The molecule has 5 heteroatoms. The lowest BCUT2D eigenvalue weighted by Crippen LogP contribution is -2.07. The van der Waals surface area contributed by atoms with Crippen LogP contribution in [-0.2, 0) is 13.1 Å². The summed E-state index contributed by atoms with van der Waals surface area (Å²) in [4.78, 5) is 3.83. The fraction of sp³-hybridized carbons (Fsp3) is 0.500. The maximum atomic E-state index is 11.8. The van der Waals surface area contributed by atoms with Crippen LogP contribution in [0.1, 0.15) is 5.69 Å². The highest BCUT2D eigenvalue weighted by Gasteiger charge is 1.96. The highest BCUT2D eigenvalue weighted by atomic mass is 35.5. The summed E-state index contributed by atoms with van der Waals surface area (Å²) in [6.45, 7) is 0.399. The van der Waals surface area contributed by atoms with Crippen molar-refractivity contribution in [1.29, 1.82) is 0 Å². The summed E-state index contributed by atoms with van der Waals surface area (Å²) in [6, 6.07) is 0. The van der Waals surface area contributed by atoms with E-state index in [-0.39, 0.29) is 19.1 Å². The van der Waals surface area contributed by atoms with Crippen molar-refractivity contribution in [2.45, 2.75) is 13.1 Å². The van der Waals surface area contributed by atoms with Crippen LogP contribution in [0.15, 0.2) is 12.5 Å². The molecule has 0 atom stereocenters. The molecular formula is C6H11ClFN3. The van der Waals surface area contributed by atoms with Gasteiger partial charge in [-0.05, 0) is 0 Å². The van der Waals surface area contributed by atoms with Crippen LogP contribution in [-0.4, -0.2) is 16.2 Å². The van der Waals surface area contributed by atoms with E-state index < -0.39 is 0 Å². The molecule has 0 aromatic carbocycles. The van der Waals surface area contributed by atoms with Gasteiger partial charge in [0.05, 0.1) is 18.6 Å². The van der Waals surface area contributed by atoms with E-state index in [1.165, 1.54) is 0 Å². The Labute approximate surface area is 70.8 Å². The Morgan fingerprint density at radius 3 is 2.91 bits per heavy atom. The smallest absolute Gasteiger partial charge is 0.107 e. The van der Waals surface area contributed by atoms with Crippen LogP contribution in [0.4, 0.5) is 4.39 Å². The molecule has 1 aromatic rings. The number of rotatable bonds is 3. The molecule has 0 spiro atoms. The first kappa shape index (κ1) is 10.4. The average Bonchev–Trinajstić information content (AvgIpc) is 2.36. The topological polar surface area (TPSA) is 43.8 Å². The highest BCUT2D eigenvalue weighted by Crippen LogP contribution is 1.96. The SMILES string of the molecule is Cl.NCc1cncn1CCF. The van der Waals surface area contributed by atoms with Gasteiger partial charge in [0.2, 0.25) is 0 Å². The zero-order valence-corrected chi connectivity index (χ0v) is 6.85.